The minimum atomic E-state index is 0.956. The van der Waals surface area contributed by atoms with Gasteiger partial charge in [0.2, 0.25) is 0 Å². The molecule has 0 saturated heterocycles. The highest BCUT2D eigenvalue weighted by molar-refractivity contribution is 7.17. The molecule has 133 heavy (non-hydrogen) atoms. The molecule has 642 valence electrons. The van der Waals surface area contributed by atoms with E-state index in [1.807, 2.05) is 274 Å². The highest BCUT2D eigenvalue weighted by Crippen LogP contribution is 2.28. The summed E-state index contributed by atoms with van der Waals surface area (Å²) in [5.74, 6) is 0. The first-order chi connectivity index (χ1) is 66.0. The molecule has 0 atom stereocenters. The number of rotatable bonds is 0. The van der Waals surface area contributed by atoms with Crippen molar-refractivity contribution in [1.29, 1.82) is 0 Å². The number of thiophene rings is 2. The summed E-state index contributed by atoms with van der Waals surface area (Å²) in [6, 6.07) is 146. The van der Waals surface area contributed by atoms with Crippen LogP contribution in [0.25, 0.3) is 173 Å². The molecule has 29 rings (SSSR count). The third kappa shape index (κ3) is 24.0. The number of hydrogen-bond donors (Lipinski definition) is 5. The Morgan fingerprint density at radius 2 is 0.759 bits per heavy atom. The average Bonchev–Trinajstić information content (AvgIpc) is 1.44. The molecule has 0 fully saturated rings. The second-order valence-electron chi connectivity index (χ2n) is 30.3. The highest BCUT2D eigenvalue weighted by atomic mass is 32.1. The van der Waals surface area contributed by atoms with Gasteiger partial charge in [-0.3, -0.25) is 20.1 Å². The molecule has 0 aliphatic rings. The predicted molar refractivity (Wildman–Crippen MR) is 563 cm³/mol. The normalized spacial score (nSPS) is 10.4. The maximum atomic E-state index is 5.12. The lowest BCUT2D eigenvalue weighted by Gasteiger charge is -2.01. The number of aromatic amines is 5. The van der Waals surface area contributed by atoms with Gasteiger partial charge in [0.1, 0.15) is 5.58 Å². The molecular formula is C118H91N11O2S2. The van der Waals surface area contributed by atoms with Crippen LogP contribution in [-0.4, -0.2) is 55.1 Å². The van der Waals surface area contributed by atoms with Crippen LogP contribution in [0.1, 0.15) is 0 Å². The Kier molecular flexibility index (Phi) is 30.1. The van der Waals surface area contributed by atoms with Crippen molar-refractivity contribution >= 4 is 196 Å². The summed E-state index contributed by atoms with van der Waals surface area (Å²) in [5.41, 5.74) is 12.0. The monoisotopic (exact) mass is 1760 g/mol. The second kappa shape index (κ2) is 45.8. The van der Waals surface area contributed by atoms with Gasteiger partial charge in [-0.25, -0.2) is 9.97 Å². The molecule has 0 bridgehead atoms. The molecule has 0 radical (unpaired) electrons. The van der Waals surface area contributed by atoms with Crippen molar-refractivity contribution in [3.63, 3.8) is 0 Å². The van der Waals surface area contributed by atoms with Gasteiger partial charge in [0.05, 0.1) is 69.9 Å². The van der Waals surface area contributed by atoms with Crippen LogP contribution in [0.15, 0.2) is 530 Å². The van der Waals surface area contributed by atoms with E-state index in [4.69, 9.17) is 8.83 Å². The Hall–Kier alpha value is -17.5. The van der Waals surface area contributed by atoms with Crippen molar-refractivity contribution in [3.05, 3.63) is 522 Å². The molecule has 15 heteroatoms. The fraction of sp³-hybridized carbons (Fsp3) is 0. The van der Waals surface area contributed by atoms with Gasteiger partial charge in [0, 0.05) is 124 Å². The molecule has 29 aromatic rings. The van der Waals surface area contributed by atoms with Crippen molar-refractivity contribution in [1.82, 2.24) is 55.1 Å². The zero-order valence-corrected chi connectivity index (χ0v) is 74.1. The number of nitrogens with zero attached hydrogens (tertiary/aromatic N) is 6. The fourth-order valence-corrected chi connectivity index (χ4v) is 16.3. The standard InChI is InChI=1S/2C13H9N.C12H9N.2C9H7N.2C8H7N.2C8H6O.2C8H6S.2C7H6N2/c1-3-7-12-10(5-1)9-11-6-2-4-8-13(11)14-12;1-2-6-11-10(5-1)9-14-13-8-4-3-7-12(11)13;1-3-7-11-9(5-1)10-6-2-4-8-12(10)13-11;1-2-6-9-8(4-1)5-3-7-10-9;1-2-4-9-7-10-6-5-8(9)3-1;1-2-4-8-6-9-5-7(8)3-1;1-2-4-8-7(3-1)5-6-9-8;1-2-4-8-6-9-5-7(8)3-1;1-2-4-8-7(3-1)5-6-9-8;1-2-4-8-6-9-5-7(8)3-1;1-2-4-8-7(3-1)5-6-9-8;1-2-4-7-6(3-1)8-5-9-7;1-2-4-7-6(3-1)5-8-9-7/h2*1-9H;1-8,13H;2*1-7H;2*1-6,9H;4*1-6H;2*1-5H,(H,8,9). The van der Waals surface area contributed by atoms with Crippen molar-refractivity contribution in [3.8, 4) is 0 Å². The van der Waals surface area contributed by atoms with E-state index in [0.29, 0.717) is 0 Å². The number of furan rings is 2. The van der Waals surface area contributed by atoms with Crippen molar-refractivity contribution in [2.45, 2.75) is 0 Å². The van der Waals surface area contributed by atoms with Gasteiger partial charge < -0.3 is 28.8 Å². The number of benzene rings is 16. The maximum absolute atomic E-state index is 5.12. The molecule has 0 amide bonds. The first-order valence-electron chi connectivity index (χ1n) is 43.5. The Labute approximate surface area is 775 Å². The van der Waals surface area contributed by atoms with E-state index >= 15 is 0 Å². The molecule has 13 heterocycles. The summed E-state index contributed by atoms with van der Waals surface area (Å²) in [7, 11) is 0. The third-order valence-electron chi connectivity index (χ3n) is 21.5. The summed E-state index contributed by atoms with van der Waals surface area (Å²) in [4.78, 5) is 33.8. The number of hydrogen-bond acceptors (Lipinski definition) is 10. The van der Waals surface area contributed by atoms with Gasteiger partial charge in [-0.1, -0.05) is 322 Å². The number of fused-ring (bicyclic) bond motifs is 18. The van der Waals surface area contributed by atoms with E-state index in [-0.39, 0.29) is 0 Å². The molecule has 0 saturated carbocycles. The number of pyridine rings is 4. The molecule has 5 N–H and O–H groups in total. The fourth-order valence-electron chi connectivity index (χ4n) is 14.7. The number of H-pyrrole nitrogens is 5. The molecule has 0 aliphatic heterocycles. The Morgan fingerprint density at radius 3 is 1.38 bits per heavy atom. The van der Waals surface area contributed by atoms with Crippen LogP contribution in [0, 0.1) is 0 Å². The minimum absolute atomic E-state index is 0.956. The third-order valence-corrected chi connectivity index (χ3v) is 23.2. The lowest BCUT2D eigenvalue weighted by molar-refractivity contribution is 0.572. The molecular weight excluding hydrogens is 1670 g/mol. The molecule has 0 spiro atoms. The number of aromatic nitrogens is 11. The average molecular weight is 1760 g/mol. The molecule has 0 aliphatic carbocycles. The van der Waals surface area contributed by atoms with Crippen molar-refractivity contribution in [2.75, 3.05) is 0 Å². The zero-order valence-electron chi connectivity index (χ0n) is 72.5. The number of nitrogens with one attached hydrogen (secondary N) is 5. The van der Waals surface area contributed by atoms with E-state index in [2.05, 4.69) is 277 Å². The van der Waals surface area contributed by atoms with E-state index in [1.54, 1.807) is 47.8 Å². The Morgan fingerprint density at radius 1 is 0.271 bits per heavy atom. The lowest BCUT2D eigenvalue weighted by Crippen LogP contribution is -1.80. The lowest BCUT2D eigenvalue weighted by atomic mass is 10.1. The van der Waals surface area contributed by atoms with E-state index in [0.717, 1.165) is 65.7 Å². The minimum Gasteiger partial charge on any atom is -0.471 e. The quantitative estimate of drug-likeness (QED) is 0.0734. The van der Waals surface area contributed by atoms with Gasteiger partial charge in [0.15, 0.2) is 0 Å². The van der Waals surface area contributed by atoms with Gasteiger partial charge in [-0.05, 0) is 174 Å². The SMILES string of the molecule is c1ccc2[nH]ccc2c1.c1ccc2[nH]cnc2c1.c1ccc2[nH]ncc2c1.c1ccc2c(c1)[nH]c1ccccc12.c1ccc2c(c1)cnc1ccccc12.c1ccc2c[nH]cc2c1.c1ccc2cnccc2c1.c1ccc2cocc2c1.c1ccc2cscc2c1.c1ccc2nc3ccccc3cc2c1.c1ccc2ncccc2c1.c1ccc2occc2c1.c1ccc2sccc2c1. The smallest absolute Gasteiger partial charge is 0.133 e. The van der Waals surface area contributed by atoms with Crippen molar-refractivity contribution < 1.29 is 8.83 Å². The number of imidazole rings is 1. The van der Waals surface area contributed by atoms with Crippen LogP contribution in [0.2, 0.25) is 0 Å². The van der Waals surface area contributed by atoms with Crippen LogP contribution in [0.3, 0.4) is 0 Å². The van der Waals surface area contributed by atoms with E-state index < -0.39 is 0 Å². The van der Waals surface area contributed by atoms with Gasteiger partial charge in [0.25, 0.3) is 0 Å². The van der Waals surface area contributed by atoms with E-state index in [9.17, 15) is 0 Å². The van der Waals surface area contributed by atoms with Gasteiger partial charge in [-0.15, -0.1) is 11.3 Å². The summed E-state index contributed by atoms with van der Waals surface area (Å²) >= 11 is 3.54. The zero-order chi connectivity index (χ0) is 89.9. The van der Waals surface area contributed by atoms with Gasteiger partial charge in [-0.2, -0.15) is 16.4 Å². The largest absolute Gasteiger partial charge is 0.471 e. The molecule has 16 aromatic carbocycles. The van der Waals surface area contributed by atoms with Crippen LogP contribution in [-0.2, 0) is 0 Å². The van der Waals surface area contributed by atoms with Gasteiger partial charge >= 0.3 is 0 Å². The summed E-state index contributed by atoms with van der Waals surface area (Å²) < 4.78 is 11.5. The Bertz CT molecular complexity index is 7130. The first kappa shape index (κ1) is 87.6. The van der Waals surface area contributed by atoms with Crippen LogP contribution < -0.4 is 0 Å². The van der Waals surface area contributed by atoms with Crippen molar-refractivity contribution in [2.24, 2.45) is 0 Å². The first-order valence-corrected chi connectivity index (χ1v) is 45.3. The molecule has 13 aromatic heterocycles. The number of para-hydroxylation sites is 11. The van der Waals surface area contributed by atoms with E-state index in [1.165, 1.54) is 107 Å². The summed E-state index contributed by atoms with van der Waals surface area (Å²) in [5, 5.41) is 38.1. The second-order valence-corrected chi connectivity index (χ2v) is 32.0. The van der Waals surface area contributed by atoms with Crippen LogP contribution in [0.5, 0.6) is 0 Å². The summed E-state index contributed by atoms with van der Waals surface area (Å²) in [6.07, 6.45) is 22.1. The van der Waals surface area contributed by atoms with Crippen LogP contribution >= 0.6 is 22.7 Å². The van der Waals surface area contributed by atoms with Crippen LogP contribution in [0.4, 0.5) is 0 Å². The highest BCUT2D eigenvalue weighted by Gasteiger charge is 2.04. The topological polar surface area (TPSA) is 183 Å². The maximum Gasteiger partial charge on any atom is 0.133 e. The predicted octanol–water partition coefficient (Wildman–Crippen LogP) is 32.7. The Balaban J connectivity index is 0.000000101. The summed E-state index contributed by atoms with van der Waals surface area (Å²) in [6.45, 7) is 0. The molecule has 13 nitrogen and oxygen atoms in total. The molecule has 0 unspecified atom stereocenters.